The minimum absolute atomic E-state index is 0.113. The Morgan fingerprint density at radius 1 is 0.875 bits per heavy atom. The van der Waals surface area contributed by atoms with Gasteiger partial charge in [-0.15, -0.1) is 0 Å². The minimum atomic E-state index is -1.87. The molecule has 416 valence electrons. The number of ether oxygens (including phenoxy) is 7. The van der Waals surface area contributed by atoms with E-state index in [-0.39, 0.29) is 43.9 Å². The number of methoxy groups -OCH3 is 1. The summed E-state index contributed by atoms with van der Waals surface area (Å²) >= 11 is 0. The van der Waals surface area contributed by atoms with Crippen LogP contribution in [0.3, 0.4) is 0 Å². The fraction of sp³-hybridized carbons (Fsp3) is 0.852. The molecule has 3 aliphatic rings. The summed E-state index contributed by atoms with van der Waals surface area (Å²) in [4.78, 5) is 30.7. The molecule has 1 aromatic rings. The second-order valence-electron chi connectivity index (χ2n) is 22.2. The first-order valence-electron chi connectivity index (χ1n) is 26.8. The first-order valence-corrected chi connectivity index (χ1v) is 26.8. The molecule has 0 aromatic heterocycles. The number of aliphatic hydroxyl groups excluding tert-OH is 3. The zero-order chi connectivity index (χ0) is 53.6. The number of hydrogen-bond acceptors (Lipinski definition) is 17. The van der Waals surface area contributed by atoms with Gasteiger partial charge >= 0.3 is 12.1 Å². The van der Waals surface area contributed by atoms with Gasteiger partial charge in [0.05, 0.1) is 41.5 Å². The second-order valence-corrected chi connectivity index (χ2v) is 22.2. The third kappa shape index (κ3) is 17.2. The summed E-state index contributed by atoms with van der Waals surface area (Å²) in [5.74, 6) is -2.74. The van der Waals surface area contributed by atoms with Gasteiger partial charge in [-0.05, 0) is 132 Å². The maximum atomic E-state index is 14.6. The third-order valence-electron chi connectivity index (χ3n) is 15.6. The summed E-state index contributed by atoms with van der Waals surface area (Å²) in [6, 6.07) is 8.67. The fourth-order valence-corrected chi connectivity index (χ4v) is 11.1. The number of nitrogens with zero attached hydrogens (tertiary/aromatic N) is 2. The Bertz CT molecular complexity index is 1750. The molecular weight excluding hydrogens is 929 g/mol. The van der Waals surface area contributed by atoms with Gasteiger partial charge in [-0.3, -0.25) is 9.69 Å². The maximum Gasteiger partial charge on any atom is 0.407 e. The SMILES string of the molecule is CC[C@H]1OC(=O)[C@H](C)[C@@H](OC2C[C@@](C)(OC)[C@@H](O)[C@H](C)O2)[C@H](C)[C@@H](O[C@@H]2O[C@H](C)C[C@H](N(C)C)[C@H]2O)[C@](C)(O)C[C@@H](C)CN(CCCNCCCCCCNC(=O)OCc2ccccc2)[C@H](C)[C@H](O)[C@]1(C)O. The Hall–Kier alpha value is -2.56. The van der Waals surface area contributed by atoms with Crippen LogP contribution in [0.1, 0.15) is 133 Å². The fourth-order valence-electron chi connectivity index (χ4n) is 11.1. The Balaban J connectivity index is 1.53. The van der Waals surface area contributed by atoms with E-state index in [1.54, 1.807) is 34.6 Å². The number of carbonyl (C=O) groups excluding carboxylic acids is 2. The number of carbonyl (C=O) groups is 2. The van der Waals surface area contributed by atoms with Gasteiger partial charge in [-0.25, -0.2) is 4.79 Å². The topological polar surface area (TPSA) is 230 Å². The summed E-state index contributed by atoms with van der Waals surface area (Å²) in [5.41, 5.74) is -3.59. The van der Waals surface area contributed by atoms with Crippen LogP contribution in [0.4, 0.5) is 4.79 Å². The van der Waals surface area contributed by atoms with Crippen molar-refractivity contribution in [3.63, 3.8) is 0 Å². The molecule has 3 heterocycles. The van der Waals surface area contributed by atoms with Crippen molar-refractivity contribution in [2.45, 2.75) is 224 Å². The molecule has 18 atom stereocenters. The lowest BCUT2D eigenvalue weighted by molar-refractivity contribution is -0.318. The van der Waals surface area contributed by atoms with Crippen LogP contribution in [0, 0.1) is 17.8 Å². The third-order valence-corrected chi connectivity index (χ3v) is 15.6. The highest BCUT2D eigenvalue weighted by Crippen LogP contribution is 2.40. The molecule has 3 saturated heterocycles. The van der Waals surface area contributed by atoms with E-state index >= 15 is 0 Å². The largest absolute Gasteiger partial charge is 0.459 e. The molecule has 3 aliphatic heterocycles. The van der Waals surface area contributed by atoms with Crippen molar-refractivity contribution < 1.29 is 68.3 Å². The first kappa shape index (κ1) is 62.0. The number of aliphatic hydroxyl groups is 5. The Morgan fingerprint density at radius 3 is 2.17 bits per heavy atom. The monoisotopic (exact) mass is 1020 g/mol. The molecule has 72 heavy (non-hydrogen) atoms. The van der Waals surface area contributed by atoms with Crippen molar-refractivity contribution >= 4 is 12.1 Å². The predicted octanol–water partition coefficient (Wildman–Crippen LogP) is 4.74. The van der Waals surface area contributed by atoms with Crippen molar-refractivity contribution in [1.82, 2.24) is 20.4 Å². The molecule has 1 amide bonds. The lowest BCUT2D eigenvalue weighted by Gasteiger charge is -2.48. The number of esters is 1. The summed E-state index contributed by atoms with van der Waals surface area (Å²) < 4.78 is 43.5. The molecule has 0 saturated carbocycles. The predicted molar refractivity (Wildman–Crippen MR) is 274 cm³/mol. The van der Waals surface area contributed by atoms with Crippen LogP contribution in [0.15, 0.2) is 30.3 Å². The Kier molecular flexibility index (Phi) is 24.6. The van der Waals surface area contributed by atoms with Crippen molar-refractivity contribution in [2.24, 2.45) is 17.8 Å². The standard InChI is InChI=1S/C54H96N4O14/c1-14-42-54(10,65)46(60)38(6)58(28-22-26-55-25-20-15-16-21-27-56-51(63)67-33-40-23-18-17-19-24-40)32-34(2)30-52(8,64)48(72-50-44(59)41(57(11)12)29-35(3)68-50)36(4)45(37(5)49(62)70-42)71-43-31-53(9,66-13)47(61)39(7)69-43/h17-19,23-24,34-39,41-48,50,55,59-61,64-65H,14-16,20-22,25-33H2,1-13H3,(H,56,63)/t34-,35-,36+,37-,38-,39+,41+,42-,43?,44-,45+,46+,47+,48-,50+,52-,53-,54-/m1/s1. The summed E-state index contributed by atoms with van der Waals surface area (Å²) in [6.07, 6.45) is -4.58. The summed E-state index contributed by atoms with van der Waals surface area (Å²) in [5, 5.41) is 66.4. The van der Waals surface area contributed by atoms with E-state index in [1.165, 1.54) is 14.0 Å². The molecule has 0 bridgehead atoms. The van der Waals surface area contributed by atoms with E-state index in [1.807, 2.05) is 77.0 Å². The Morgan fingerprint density at radius 2 is 1.53 bits per heavy atom. The van der Waals surface area contributed by atoms with Crippen LogP contribution in [0.2, 0.25) is 0 Å². The van der Waals surface area contributed by atoms with Gasteiger partial charge in [0.15, 0.2) is 12.6 Å². The normalized spacial score (nSPS) is 38.9. The molecule has 4 rings (SSSR count). The van der Waals surface area contributed by atoms with E-state index in [0.717, 1.165) is 44.2 Å². The van der Waals surface area contributed by atoms with E-state index in [9.17, 15) is 35.1 Å². The summed E-state index contributed by atoms with van der Waals surface area (Å²) in [7, 11) is 5.29. The highest BCUT2D eigenvalue weighted by Gasteiger charge is 2.53. The van der Waals surface area contributed by atoms with E-state index in [4.69, 9.17) is 33.2 Å². The van der Waals surface area contributed by atoms with Crippen molar-refractivity contribution in [1.29, 1.82) is 0 Å². The van der Waals surface area contributed by atoms with Gasteiger partial charge in [-0.1, -0.05) is 63.9 Å². The average Bonchev–Trinajstić information content (AvgIpc) is 3.33. The number of benzene rings is 1. The molecule has 1 aromatic carbocycles. The van der Waals surface area contributed by atoms with Gasteiger partial charge < -0.3 is 74.2 Å². The van der Waals surface area contributed by atoms with Crippen LogP contribution in [-0.4, -0.2) is 192 Å². The van der Waals surface area contributed by atoms with Crippen molar-refractivity contribution in [3.05, 3.63) is 35.9 Å². The van der Waals surface area contributed by atoms with Gasteiger partial charge in [0, 0.05) is 44.6 Å². The van der Waals surface area contributed by atoms with Crippen molar-refractivity contribution in [3.8, 4) is 0 Å². The molecule has 0 spiro atoms. The number of nitrogens with one attached hydrogen (secondary N) is 2. The van der Waals surface area contributed by atoms with E-state index in [2.05, 4.69) is 15.5 Å². The number of amides is 1. The van der Waals surface area contributed by atoms with Crippen LogP contribution >= 0.6 is 0 Å². The average molecular weight is 1030 g/mol. The van der Waals surface area contributed by atoms with Crippen LogP contribution in [0.5, 0.6) is 0 Å². The molecule has 18 heteroatoms. The molecule has 7 N–H and O–H groups in total. The smallest absolute Gasteiger partial charge is 0.407 e. The first-order chi connectivity index (χ1) is 33.9. The van der Waals surface area contributed by atoms with Crippen LogP contribution in [0.25, 0.3) is 0 Å². The van der Waals surface area contributed by atoms with E-state index < -0.39 is 102 Å². The van der Waals surface area contributed by atoms with Crippen LogP contribution in [-0.2, 0) is 44.6 Å². The molecule has 0 aliphatic carbocycles. The number of unbranched alkanes of at least 4 members (excludes halogenated alkanes) is 3. The molecule has 0 radical (unpaired) electrons. The summed E-state index contributed by atoms with van der Waals surface area (Å²) in [6.45, 7) is 21.1. The lowest BCUT2D eigenvalue weighted by Crippen LogP contribution is -2.60. The number of alkyl carbamates (subject to hydrolysis) is 1. The minimum Gasteiger partial charge on any atom is -0.459 e. The number of cyclic esters (lactones) is 1. The molecule has 1 unspecified atom stereocenters. The maximum absolute atomic E-state index is 14.6. The van der Waals surface area contributed by atoms with Gasteiger partial charge in [0.2, 0.25) is 0 Å². The van der Waals surface area contributed by atoms with Gasteiger partial charge in [0.25, 0.3) is 0 Å². The molecule has 18 nitrogen and oxygen atoms in total. The molecule has 3 fully saturated rings. The number of likely N-dealkylation sites (N-methyl/N-ethyl adjacent to an activating group) is 1. The van der Waals surface area contributed by atoms with Crippen LogP contribution < -0.4 is 10.6 Å². The lowest BCUT2D eigenvalue weighted by atomic mass is 9.77. The van der Waals surface area contributed by atoms with Gasteiger partial charge in [-0.2, -0.15) is 0 Å². The number of hydrogen-bond donors (Lipinski definition) is 7. The zero-order valence-electron chi connectivity index (χ0n) is 46.0. The Labute approximate surface area is 431 Å². The highest BCUT2D eigenvalue weighted by atomic mass is 16.7. The quantitative estimate of drug-likeness (QED) is 0.0691. The second kappa shape index (κ2) is 28.5. The molecular formula is C54H96N4O14. The van der Waals surface area contributed by atoms with Gasteiger partial charge in [0.1, 0.15) is 36.6 Å². The zero-order valence-corrected chi connectivity index (χ0v) is 46.0. The number of rotatable bonds is 20. The highest BCUT2D eigenvalue weighted by molar-refractivity contribution is 5.73. The van der Waals surface area contributed by atoms with E-state index in [0.29, 0.717) is 32.6 Å². The van der Waals surface area contributed by atoms with Crippen molar-refractivity contribution in [2.75, 3.05) is 53.9 Å².